The predicted molar refractivity (Wildman–Crippen MR) is 132 cm³/mol. The number of thiophene rings is 1. The molecule has 0 atom stereocenters. The van der Waals surface area contributed by atoms with Gasteiger partial charge < -0.3 is 4.57 Å². The molecule has 0 radical (unpaired) electrons. The highest BCUT2D eigenvalue weighted by Crippen LogP contribution is 2.35. The van der Waals surface area contributed by atoms with Crippen molar-refractivity contribution in [2.45, 2.75) is 24.8 Å². The summed E-state index contributed by atoms with van der Waals surface area (Å²) in [7, 11) is 2.09. The van der Waals surface area contributed by atoms with Crippen LogP contribution < -0.4 is 0 Å². The minimum absolute atomic E-state index is 0.727. The number of rotatable bonds is 5. The van der Waals surface area contributed by atoms with E-state index in [-0.39, 0.29) is 0 Å². The first kappa shape index (κ1) is 20.4. The van der Waals surface area contributed by atoms with Crippen molar-refractivity contribution in [1.82, 2.24) is 19.3 Å². The zero-order valence-electron chi connectivity index (χ0n) is 17.5. The number of fused-ring (bicyclic) bond motifs is 1. The van der Waals surface area contributed by atoms with Gasteiger partial charge in [-0.1, -0.05) is 53.7 Å². The van der Waals surface area contributed by atoms with Crippen LogP contribution in [-0.4, -0.2) is 19.3 Å². The van der Waals surface area contributed by atoms with Crippen molar-refractivity contribution in [2.75, 3.05) is 0 Å². The van der Waals surface area contributed by atoms with E-state index < -0.39 is 0 Å². The van der Waals surface area contributed by atoms with Gasteiger partial charge in [0.05, 0.1) is 21.6 Å². The molecule has 0 bridgehead atoms. The van der Waals surface area contributed by atoms with E-state index in [1.807, 2.05) is 18.2 Å². The molecule has 0 aliphatic carbocycles. The van der Waals surface area contributed by atoms with Gasteiger partial charge in [-0.25, -0.2) is 0 Å². The number of aryl methyl sites for hydroxylation is 3. The molecule has 3 heterocycles. The third kappa shape index (κ3) is 3.69. The van der Waals surface area contributed by atoms with Crippen LogP contribution in [0, 0.1) is 13.8 Å². The molecule has 2 aromatic carbocycles. The predicted octanol–water partition coefficient (Wildman–Crippen LogP) is 7.05. The van der Waals surface area contributed by atoms with E-state index in [0.717, 1.165) is 38.7 Å². The molecule has 4 nitrogen and oxygen atoms in total. The van der Waals surface area contributed by atoms with Crippen LogP contribution in [0.25, 0.3) is 27.4 Å². The standard InChI is InChI=1S/C24H21ClN4S2/c1-15-8-9-16(2)20(12-15)29-23(21-13-22-19(28(21)3)10-11-30-22)26-27-24(29)31-14-17-6-4-5-7-18(17)25/h4-13H,14H2,1-3H3. The lowest BCUT2D eigenvalue weighted by Crippen LogP contribution is -2.04. The summed E-state index contributed by atoms with van der Waals surface area (Å²) in [5, 5.41) is 13.0. The second-order valence-corrected chi connectivity index (χ2v) is 9.87. The van der Waals surface area contributed by atoms with Gasteiger partial charge in [-0.3, -0.25) is 4.57 Å². The number of hydrogen-bond donors (Lipinski definition) is 0. The minimum atomic E-state index is 0.727. The van der Waals surface area contributed by atoms with Crippen molar-refractivity contribution in [3.05, 3.63) is 81.7 Å². The van der Waals surface area contributed by atoms with E-state index in [9.17, 15) is 0 Å². The molecule has 5 aromatic rings. The Balaban J connectivity index is 1.65. The van der Waals surface area contributed by atoms with E-state index in [1.165, 1.54) is 21.3 Å². The second-order valence-electron chi connectivity index (χ2n) is 7.57. The zero-order valence-corrected chi connectivity index (χ0v) is 19.9. The Bertz CT molecular complexity index is 1400. The number of hydrogen-bond acceptors (Lipinski definition) is 4. The second kappa shape index (κ2) is 8.19. The van der Waals surface area contributed by atoms with Crippen molar-refractivity contribution in [3.63, 3.8) is 0 Å². The molecule has 5 rings (SSSR count). The molecule has 3 aromatic heterocycles. The molecule has 156 valence electrons. The highest BCUT2D eigenvalue weighted by molar-refractivity contribution is 7.98. The maximum Gasteiger partial charge on any atom is 0.196 e. The first-order valence-electron chi connectivity index (χ1n) is 9.95. The molecule has 7 heteroatoms. The smallest absolute Gasteiger partial charge is 0.196 e. The van der Waals surface area contributed by atoms with Crippen LogP contribution in [-0.2, 0) is 12.8 Å². The summed E-state index contributed by atoms with van der Waals surface area (Å²) in [6.45, 7) is 4.24. The lowest BCUT2D eigenvalue weighted by molar-refractivity contribution is 0.872. The van der Waals surface area contributed by atoms with Gasteiger partial charge >= 0.3 is 0 Å². The van der Waals surface area contributed by atoms with Gasteiger partial charge in [-0.2, -0.15) is 0 Å². The average Bonchev–Trinajstić information content (AvgIpc) is 3.45. The molecular weight excluding hydrogens is 444 g/mol. The van der Waals surface area contributed by atoms with Crippen molar-refractivity contribution in [1.29, 1.82) is 0 Å². The Morgan fingerprint density at radius 3 is 2.68 bits per heavy atom. The third-order valence-electron chi connectivity index (χ3n) is 5.45. The van der Waals surface area contributed by atoms with E-state index >= 15 is 0 Å². The fourth-order valence-electron chi connectivity index (χ4n) is 3.73. The lowest BCUT2D eigenvalue weighted by Gasteiger charge is -2.14. The van der Waals surface area contributed by atoms with E-state index in [4.69, 9.17) is 11.6 Å². The van der Waals surface area contributed by atoms with Crippen LogP contribution >= 0.6 is 34.7 Å². The molecule has 0 spiro atoms. The van der Waals surface area contributed by atoms with Crippen LogP contribution in [0.1, 0.15) is 16.7 Å². The van der Waals surface area contributed by atoms with Crippen molar-refractivity contribution >= 4 is 44.9 Å². The fourth-order valence-corrected chi connectivity index (χ4v) is 5.81. The van der Waals surface area contributed by atoms with Crippen molar-refractivity contribution in [2.24, 2.45) is 7.05 Å². The SMILES string of the molecule is Cc1ccc(C)c(-n2c(SCc3ccccc3Cl)nnc2-c2cc3sccc3n2C)c1. The van der Waals surface area contributed by atoms with Gasteiger partial charge in [0.2, 0.25) is 0 Å². The van der Waals surface area contributed by atoms with E-state index in [2.05, 4.69) is 82.0 Å². The van der Waals surface area contributed by atoms with Gasteiger partial charge in [-0.05, 0) is 60.2 Å². The number of thioether (sulfide) groups is 1. The molecule has 0 N–H and O–H groups in total. The topological polar surface area (TPSA) is 35.6 Å². The number of benzene rings is 2. The van der Waals surface area contributed by atoms with Crippen LogP contribution in [0.2, 0.25) is 5.02 Å². The van der Waals surface area contributed by atoms with Gasteiger partial charge in [0.25, 0.3) is 0 Å². The summed E-state index contributed by atoms with van der Waals surface area (Å²) in [5.74, 6) is 1.58. The molecule has 0 unspecified atom stereocenters. The Hall–Kier alpha value is -2.54. The van der Waals surface area contributed by atoms with Crippen LogP contribution in [0.15, 0.2) is 65.1 Å². The Kier molecular flexibility index (Phi) is 5.38. The quantitative estimate of drug-likeness (QED) is 0.261. The summed E-state index contributed by atoms with van der Waals surface area (Å²) in [4.78, 5) is 0. The molecule has 0 saturated carbocycles. The lowest BCUT2D eigenvalue weighted by atomic mass is 10.1. The molecule has 0 saturated heterocycles. The Morgan fingerprint density at radius 1 is 1.03 bits per heavy atom. The number of nitrogens with zero attached hydrogens (tertiary/aromatic N) is 4. The maximum absolute atomic E-state index is 6.39. The number of aromatic nitrogens is 4. The normalized spacial score (nSPS) is 11.5. The number of halogens is 1. The highest BCUT2D eigenvalue weighted by atomic mass is 35.5. The summed E-state index contributed by atoms with van der Waals surface area (Å²) in [6, 6.07) is 18.8. The van der Waals surface area contributed by atoms with Gasteiger partial charge in [-0.15, -0.1) is 21.5 Å². The van der Waals surface area contributed by atoms with Gasteiger partial charge in [0.1, 0.15) is 0 Å². The monoisotopic (exact) mass is 464 g/mol. The highest BCUT2D eigenvalue weighted by Gasteiger charge is 2.21. The summed E-state index contributed by atoms with van der Waals surface area (Å²) < 4.78 is 5.63. The third-order valence-corrected chi connectivity index (χ3v) is 7.65. The molecule has 0 fully saturated rings. The average molecular weight is 465 g/mol. The van der Waals surface area contributed by atoms with Gasteiger partial charge in [0.15, 0.2) is 11.0 Å². The fraction of sp³-hybridized carbons (Fsp3) is 0.167. The molecule has 0 aliphatic rings. The summed E-state index contributed by atoms with van der Waals surface area (Å²) >= 11 is 9.78. The van der Waals surface area contributed by atoms with Crippen molar-refractivity contribution in [3.8, 4) is 17.2 Å². The zero-order chi connectivity index (χ0) is 21.5. The maximum atomic E-state index is 6.39. The van der Waals surface area contributed by atoms with Crippen LogP contribution in [0.5, 0.6) is 0 Å². The minimum Gasteiger partial charge on any atom is -0.340 e. The first-order valence-corrected chi connectivity index (χ1v) is 12.2. The molecule has 0 amide bonds. The first-order chi connectivity index (χ1) is 15.0. The Labute approximate surface area is 194 Å². The van der Waals surface area contributed by atoms with E-state index in [1.54, 1.807) is 23.1 Å². The van der Waals surface area contributed by atoms with E-state index in [0.29, 0.717) is 0 Å². The molecular formula is C24H21ClN4S2. The molecule has 31 heavy (non-hydrogen) atoms. The van der Waals surface area contributed by atoms with Crippen LogP contribution in [0.3, 0.4) is 0 Å². The summed E-state index contributed by atoms with van der Waals surface area (Å²) in [5.41, 5.74) is 6.84. The van der Waals surface area contributed by atoms with Gasteiger partial charge in [0, 0.05) is 17.8 Å². The molecule has 0 aliphatic heterocycles. The van der Waals surface area contributed by atoms with Crippen LogP contribution in [0.4, 0.5) is 0 Å². The largest absolute Gasteiger partial charge is 0.340 e. The Morgan fingerprint density at radius 2 is 1.87 bits per heavy atom. The van der Waals surface area contributed by atoms with Crippen molar-refractivity contribution < 1.29 is 0 Å². The summed E-state index contributed by atoms with van der Waals surface area (Å²) in [6.07, 6.45) is 0.